The van der Waals surface area contributed by atoms with E-state index in [0.717, 1.165) is 32.6 Å². The van der Waals surface area contributed by atoms with E-state index in [-0.39, 0.29) is 0 Å². The van der Waals surface area contributed by atoms with Gasteiger partial charge >= 0.3 is 0 Å². The lowest BCUT2D eigenvalue weighted by Gasteiger charge is -2.18. The van der Waals surface area contributed by atoms with Crippen molar-refractivity contribution in [3.63, 3.8) is 0 Å². The molecule has 3 heteroatoms. The van der Waals surface area contributed by atoms with Crippen LogP contribution in [0.2, 0.25) is 0 Å². The van der Waals surface area contributed by atoms with E-state index in [0.29, 0.717) is 6.04 Å². The van der Waals surface area contributed by atoms with Gasteiger partial charge in [-0.15, -0.1) is 0 Å². The Morgan fingerprint density at radius 1 is 1.41 bits per heavy atom. The van der Waals surface area contributed by atoms with Crippen molar-refractivity contribution < 1.29 is 4.74 Å². The van der Waals surface area contributed by atoms with E-state index in [1.165, 1.54) is 18.4 Å². The molecule has 1 atom stereocenters. The highest BCUT2D eigenvalue weighted by atomic mass is 32.1. The first-order chi connectivity index (χ1) is 8.36. The average molecular weight is 255 g/mol. The molecular weight excluding hydrogens is 230 g/mol. The van der Waals surface area contributed by atoms with Gasteiger partial charge in [0.05, 0.1) is 0 Å². The summed E-state index contributed by atoms with van der Waals surface area (Å²) < 4.78 is 5.40. The average Bonchev–Trinajstić information content (AvgIpc) is 2.84. The highest BCUT2D eigenvalue weighted by Gasteiger charge is 2.08. The second-order valence-electron chi connectivity index (χ2n) is 4.33. The molecular formula is C14H25NOS. The van der Waals surface area contributed by atoms with E-state index < -0.39 is 0 Å². The number of thiophene rings is 1. The number of hydrogen-bond donors (Lipinski definition) is 1. The molecule has 0 spiro atoms. The standard InChI is InChI=1S/C14H25NOS/c1-3-8-15-14(6-5-9-16-4-2)11-13-7-10-17-12-13/h7,10,12,14-15H,3-6,8-9,11H2,1-2H3. The largest absolute Gasteiger partial charge is 0.382 e. The minimum atomic E-state index is 0.602. The molecule has 1 heterocycles. The molecule has 1 aromatic rings. The Morgan fingerprint density at radius 2 is 2.29 bits per heavy atom. The number of nitrogens with one attached hydrogen (secondary N) is 1. The summed E-state index contributed by atoms with van der Waals surface area (Å²) in [5.41, 5.74) is 1.46. The van der Waals surface area contributed by atoms with E-state index in [9.17, 15) is 0 Å². The monoisotopic (exact) mass is 255 g/mol. The van der Waals surface area contributed by atoms with Gasteiger partial charge in [-0.05, 0) is 61.5 Å². The maximum Gasteiger partial charge on any atom is 0.0466 e. The molecule has 1 N–H and O–H groups in total. The van der Waals surface area contributed by atoms with Crippen molar-refractivity contribution in [2.75, 3.05) is 19.8 Å². The lowest BCUT2D eigenvalue weighted by molar-refractivity contribution is 0.140. The van der Waals surface area contributed by atoms with Crippen LogP contribution in [0.15, 0.2) is 16.8 Å². The summed E-state index contributed by atoms with van der Waals surface area (Å²) in [6.07, 6.45) is 4.70. The van der Waals surface area contributed by atoms with Crippen molar-refractivity contribution in [1.29, 1.82) is 0 Å². The van der Waals surface area contributed by atoms with Gasteiger partial charge in [-0.25, -0.2) is 0 Å². The van der Waals surface area contributed by atoms with E-state index in [4.69, 9.17) is 4.74 Å². The molecule has 0 aliphatic heterocycles. The maximum absolute atomic E-state index is 5.40. The molecule has 2 nitrogen and oxygen atoms in total. The zero-order chi connectivity index (χ0) is 12.3. The minimum absolute atomic E-state index is 0.602. The lowest BCUT2D eigenvalue weighted by Crippen LogP contribution is -2.32. The summed E-state index contributed by atoms with van der Waals surface area (Å²) in [6.45, 7) is 7.11. The smallest absolute Gasteiger partial charge is 0.0466 e. The van der Waals surface area contributed by atoms with Crippen molar-refractivity contribution in [1.82, 2.24) is 5.32 Å². The predicted molar refractivity (Wildman–Crippen MR) is 75.8 cm³/mol. The molecule has 0 radical (unpaired) electrons. The summed E-state index contributed by atoms with van der Waals surface area (Å²) in [5, 5.41) is 8.05. The van der Waals surface area contributed by atoms with Gasteiger partial charge in [0.1, 0.15) is 0 Å². The third-order valence-corrected chi connectivity index (χ3v) is 3.52. The SMILES string of the molecule is CCCNC(CCCOCC)Cc1ccsc1. The molecule has 17 heavy (non-hydrogen) atoms. The highest BCUT2D eigenvalue weighted by Crippen LogP contribution is 2.11. The number of hydrogen-bond acceptors (Lipinski definition) is 3. The molecule has 98 valence electrons. The topological polar surface area (TPSA) is 21.3 Å². The van der Waals surface area contributed by atoms with Crippen LogP contribution in [0.1, 0.15) is 38.7 Å². The molecule has 1 rings (SSSR count). The Kier molecular flexibility index (Phi) is 8.32. The number of rotatable bonds is 10. The maximum atomic E-state index is 5.40. The fraction of sp³-hybridized carbons (Fsp3) is 0.714. The quantitative estimate of drug-likeness (QED) is 0.646. The molecule has 0 amide bonds. The van der Waals surface area contributed by atoms with Crippen LogP contribution in [0, 0.1) is 0 Å². The molecule has 0 aromatic carbocycles. The van der Waals surface area contributed by atoms with E-state index in [2.05, 4.69) is 36.0 Å². The van der Waals surface area contributed by atoms with Crippen LogP contribution in [0.4, 0.5) is 0 Å². The summed E-state index contributed by atoms with van der Waals surface area (Å²) in [4.78, 5) is 0. The molecule has 0 bridgehead atoms. The minimum Gasteiger partial charge on any atom is -0.382 e. The van der Waals surface area contributed by atoms with Crippen LogP contribution in [-0.4, -0.2) is 25.8 Å². The Bertz CT molecular complexity index is 261. The van der Waals surface area contributed by atoms with Crippen LogP contribution >= 0.6 is 11.3 Å². The first kappa shape index (κ1) is 14.7. The van der Waals surface area contributed by atoms with Crippen molar-refractivity contribution in [2.45, 2.75) is 45.6 Å². The van der Waals surface area contributed by atoms with E-state index in [1.807, 2.05) is 0 Å². The van der Waals surface area contributed by atoms with Crippen LogP contribution in [0.25, 0.3) is 0 Å². The second-order valence-corrected chi connectivity index (χ2v) is 5.11. The van der Waals surface area contributed by atoms with Crippen LogP contribution in [0.5, 0.6) is 0 Å². The second kappa shape index (κ2) is 9.63. The molecule has 0 fully saturated rings. The Labute approximate surface area is 109 Å². The first-order valence-corrected chi connectivity index (χ1v) is 7.63. The van der Waals surface area contributed by atoms with Crippen molar-refractivity contribution in [3.05, 3.63) is 22.4 Å². The predicted octanol–water partition coefficient (Wildman–Crippen LogP) is 3.48. The molecule has 0 aliphatic carbocycles. The van der Waals surface area contributed by atoms with Gasteiger partial charge < -0.3 is 10.1 Å². The van der Waals surface area contributed by atoms with Gasteiger partial charge in [-0.3, -0.25) is 0 Å². The third-order valence-electron chi connectivity index (χ3n) is 2.79. The number of ether oxygens (including phenoxy) is 1. The molecule has 1 unspecified atom stereocenters. The van der Waals surface area contributed by atoms with E-state index >= 15 is 0 Å². The fourth-order valence-corrected chi connectivity index (χ4v) is 2.58. The fourth-order valence-electron chi connectivity index (χ4n) is 1.89. The summed E-state index contributed by atoms with van der Waals surface area (Å²) in [6, 6.07) is 2.83. The van der Waals surface area contributed by atoms with Crippen molar-refractivity contribution in [3.8, 4) is 0 Å². The molecule has 0 saturated heterocycles. The molecule has 1 aromatic heterocycles. The van der Waals surface area contributed by atoms with Crippen LogP contribution in [-0.2, 0) is 11.2 Å². The molecule has 0 saturated carbocycles. The van der Waals surface area contributed by atoms with Gasteiger partial charge in [0, 0.05) is 19.3 Å². The van der Waals surface area contributed by atoms with Crippen LogP contribution < -0.4 is 5.32 Å². The summed E-state index contributed by atoms with van der Waals surface area (Å²) in [7, 11) is 0. The Hall–Kier alpha value is -0.380. The summed E-state index contributed by atoms with van der Waals surface area (Å²) in [5.74, 6) is 0. The van der Waals surface area contributed by atoms with Gasteiger partial charge in [-0.1, -0.05) is 6.92 Å². The van der Waals surface area contributed by atoms with Gasteiger partial charge in [0.15, 0.2) is 0 Å². The van der Waals surface area contributed by atoms with Crippen LogP contribution in [0.3, 0.4) is 0 Å². The Balaban J connectivity index is 2.26. The highest BCUT2D eigenvalue weighted by molar-refractivity contribution is 7.07. The van der Waals surface area contributed by atoms with Gasteiger partial charge in [0.2, 0.25) is 0 Å². The zero-order valence-corrected chi connectivity index (χ0v) is 11.9. The Morgan fingerprint density at radius 3 is 2.94 bits per heavy atom. The van der Waals surface area contributed by atoms with Gasteiger partial charge in [0.25, 0.3) is 0 Å². The van der Waals surface area contributed by atoms with Gasteiger partial charge in [-0.2, -0.15) is 11.3 Å². The summed E-state index contributed by atoms with van der Waals surface area (Å²) >= 11 is 1.78. The first-order valence-electron chi connectivity index (χ1n) is 6.69. The normalized spacial score (nSPS) is 12.8. The lowest BCUT2D eigenvalue weighted by atomic mass is 10.0. The van der Waals surface area contributed by atoms with Crippen molar-refractivity contribution >= 4 is 11.3 Å². The van der Waals surface area contributed by atoms with Crippen molar-refractivity contribution in [2.24, 2.45) is 0 Å². The zero-order valence-electron chi connectivity index (χ0n) is 11.1. The van der Waals surface area contributed by atoms with E-state index in [1.54, 1.807) is 11.3 Å². The molecule has 0 aliphatic rings. The third kappa shape index (κ3) is 6.81.